The van der Waals surface area contributed by atoms with Gasteiger partial charge in [-0.3, -0.25) is 9.59 Å². The van der Waals surface area contributed by atoms with Crippen molar-refractivity contribution in [3.63, 3.8) is 0 Å². The SMILES string of the molecule is CCC/C=C\C(CCCCCCC(=O)O)OC(=O)CCCCCCCCCCCCCCCCC. The summed E-state index contributed by atoms with van der Waals surface area (Å²) >= 11 is 0. The van der Waals surface area contributed by atoms with Gasteiger partial charge in [0.05, 0.1) is 0 Å². The Morgan fingerprint density at radius 1 is 0.629 bits per heavy atom. The molecule has 0 rings (SSSR count). The van der Waals surface area contributed by atoms with Crippen molar-refractivity contribution in [1.82, 2.24) is 0 Å². The molecule has 0 aromatic heterocycles. The molecule has 0 aromatic rings. The number of hydrogen-bond donors (Lipinski definition) is 1. The van der Waals surface area contributed by atoms with Crippen LogP contribution in [0.3, 0.4) is 0 Å². The van der Waals surface area contributed by atoms with Crippen LogP contribution in [0, 0.1) is 0 Å². The number of ether oxygens (including phenoxy) is 1. The lowest BCUT2D eigenvalue weighted by Crippen LogP contribution is -2.16. The molecule has 0 radical (unpaired) electrons. The first-order valence-electron chi connectivity index (χ1n) is 15.2. The van der Waals surface area contributed by atoms with Crippen LogP contribution in [0.25, 0.3) is 0 Å². The van der Waals surface area contributed by atoms with Crippen LogP contribution in [0.15, 0.2) is 12.2 Å². The summed E-state index contributed by atoms with van der Waals surface area (Å²) < 4.78 is 5.74. The maximum Gasteiger partial charge on any atom is 0.306 e. The molecular weight excluding hydrogens is 436 g/mol. The normalized spacial score (nSPS) is 12.3. The minimum absolute atomic E-state index is 0.0725. The lowest BCUT2D eigenvalue weighted by atomic mass is 10.0. The fraction of sp³-hybridized carbons (Fsp3) is 0.871. The summed E-state index contributed by atoms with van der Waals surface area (Å²) in [6.45, 7) is 4.42. The molecular formula is C31H58O4. The van der Waals surface area contributed by atoms with E-state index in [2.05, 4.69) is 19.9 Å². The number of carboxylic acid groups (broad SMARTS) is 1. The van der Waals surface area contributed by atoms with Crippen LogP contribution in [0.5, 0.6) is 0 Å². The number of carbonyl (C=O) groups excluding carboxylic acids is 1. The van der Waals surface area contributed by atoms with Crippen LogP contribution in [0.2, 0.25) is 0 Å². The standard InChI is InChI=1S/C31H58O4/c1-3-5-7-8-9-10-11-12-13-14-15-16-17-18-24-28-31(34)35-29(25-21-6-4-2)26-22-19-20-23-27-30(32)33/h21,25,29H,3-20,22-24,26-28H2,1-2H3,(H,32,33)/b25-21-. The molecule has 206 valence electrons. The highest BCUT2D eigenvalue weighted by Gasteiger charge is 2.11. The Morgan fingerprint density at radius 2 is 1.09 bits per heavy atom. The third-order valence-corrected chi connectivity index (χ3v) is 6.70. The second-order valence-corrected chi connectivity index (χ2v) is 10.3. The number of allylic oxidation sites excluding steroid dienone is 1. The number of carbonyl (C=O) groups is 2. The second kappa shape index (κ2) is 27.3. The summed E-state index contributed by atoms with van der Waals surface area (Å²) in [5.74, 6) is -0.796. The number of aliphatic carboxylic acids is 1. The molecule has 1 atom stereocenters. The fourth-order valence-electron chi connectivity index (χ4n) is 4.45. The lowest BCUT2D eigenvalue weighted by molar-refractivity contribution is -0.147. The van der Waals surface area contributed by atoms with E-state index >= 15 is 0 Å². The highest BCUT2D eigenvalue weighted by Crippen LogP contribution is 2.15. The van der Waals surface area contributed by atoms with Gasteiger partial charge in [0.25, 0.3) is 0 Å². The molecule has 0 saturated carbocycles. The predicted octanol–water partition coefficient (Wildman–Crippen LogP) is 9.94. The minimum atomic E-state index is -0.724. The smallest absolute Gasteiger partial charge is 0.306 e. The summed E-state index contributed by atoms with van der Waals surface area (Å²) in [6, 6.07) is 0. The number of unbranched alkanes of at least 4 members (excludes halogenated alkanes) is 18. The first-order chi connectivity index (χ1) is 17.1. The summed E-state index contributed by atoms with van der Waals surface area (Å²) in [6.07, 6.45) is 31.2. The van der Waals surface area contributed by atoms with Crippen molar-refractivity contribution >= 4 is 11.9 Å². The molecule has 1 unspecified atom stereocenters. The van der Waals surface area contributed by atoms with Crippen molar-refractivity contribution in [2.45, 2.75) is 174 Å². The lowest BCUT2D eigenvalue weighted by Gasteiger charge is -2.14. The van der Waals surface area contributed by atoms with Gasteiger partial charge in [0.1, 0.15) is 6.10 Å². The molecule has 0 aliphatic heterocycles. The van der Waals surface area contributed by atoms with Gasteiger partial charge in [0.2, 0.25) is 0 Å². The van der Waals surface area contributed by atoms with Crippen molar-refractivity contribution in [1.29, 1.82) is 0 Å². The zero-order valence-electron chi connectivity index (χ0n) is 23.4. The molecule has 0 spiro atoms. The maximum atomic E-state index is 12.3. The van der Waals surface area contributed by atoms with E-state index in [4.69, 9.17) is 9.84 Å². The quantitative estimate of drug-likeness (QED) is 0.0701. The summed E-state index contributed by atoms with van der Waals surface area (Å²) in [5.41, 5.74) is 0. The zero-order valence-corrected chi connectivity index (χ0v) is 23.4. The number of esters is 1. The van der Waals surface area contributed by atoms with Gasteiger partial charge in [0, 0.05) is 12.8 Å². The zero-order chi connectivity index (χ0) is 25.8. The van der Waals surface area contributed by atoms with Gasteiger partial charge >= 0.3 is 11.9 Å². The van der Waals surface area contributed by atoms with Crippen LogP contribution in [0.1, 0.15) is 168 Å². The van der Waals surface area contributed by atoms with Crippen molar-refractivity contribution in [2.75, 3.05) is 0 Å². The molecule has 0 amide bonds. The average molecular weight is 495 g/mol. The first-order valence-corrected chi connectivity index (χ1v) is 15.2. The molecule has 0 fully saturated rings. The summed E-state index contributed by atoms with van der Waals surface area (Å²) in [4.78, 5) is 22.9. The van der Waals surface area contributed by atoms with E-state index in [1.165, 1.54) is 83.5 Å². The second-order valence-electron chi connectivity index (χ2n) is 10.3. The van der Waals surface area contributed by atoms with E-state index in [1.54, 1.807) is 0 Å². The molecule has 1 N–H and O–H groups in total. The van der Waals surface area contributed by atoms with Gasteiger partial charge in [-0.2, -0.15) is 0 Å². The van der Waals surface area contributed by atoms with E-state index in [0.29, 0.717) is 6.42 Å². The molecule has 0 aromatic carbocycles. The van der Waals surface area contributed by atoms with E-state index in [1.807, 2.05) is 6.08 Å². The Bertz CT molecular complexity index is 500. The molecule has 0 heterocycles. The Kier molecular flexibility index (Phi) is 26.2. The van der Waals surface area contributed by atoms with Crippen LogP contribution in [-0.2, 0) is 14.3 Å². The van der Waals surface area contributed by atoms with Crippen LogP contribution < -0.4 is 0 Å². The largest absolute Gasteiger partial charge is 0.481 e. The van der Waals surface area contributed by atoms with Crippen LogP contribution in [0.4, 0.5) is 0 Å². The summed E-state index contributed by atoms with van der Waals surface area (Å²) in [7, 11) is 0. The number of rotatable bonds is 27. The van der Waals surface area contributed by atoms with Crippen molar-refractivity contribution in [3.05, 3.63) is 12.2 Å². The minimum Gasteiger partial charge on any atom is -0.481 e. The molecule has 0 aliphatic carbocycles. The van der Waals surface area contributed by atoms with Gasteiger partial charge in [-0.15, -0.1) is 0 Å². The summed E-state index contributed by atoms with van der Waals surface area (Å²) in [5, 5.41) is 8.72. The number of carboxylic acids is 1. The maximum absolute atomic E-state index is 12.3. The Hall–Kier alpha value is -1.32. The van der Waals surface area contributed by atoms with E-state index in [9.17, 15) is 9.59 Å². The first kappa shape index (κ1) is 33.7. The molecule has 4 heteroatoms. The van der Waals surface area contributed by atoms with E-state index < -0.39 is 5.97 Å². The molecule has 0 bridgehead atoms. The topological polar surface area (TPSA) is 63.6 Å². The van der Waals surface area contributed by atoms with Crippen molar-refractivity contribution in [3.8, 4) is 0 Å². The molecule has 35 heavy (non-hydrogen) atoms. The Labute approximate surface area is 217 Å². The monoisotopic (exact) mass is 494 g/mol. The highest BCUT2D eigenvalue weighted by molar-refractivity contribution is 5.69. The van der Waals surface area contributed by atoms with Crippen LogP contribution >= 0.6 is 0 Å². The van der Waals surface area contributed by atoms with Gasteiger partial charge in [-0.05, 0) is 38.2 Å². The Balaban J connectivity index is 3.71. The van der Waals surface area contributed by atoms with Gasteiger partial charge < -0.3 is 9.84 Å². The Morgan fingerprint density at radius 3 is 1.57 bits per heavy atom. The van der Waals surface area contributed by atoms with E-state index in [-0.39, 0.29) is 18.5 Å². The third-order valence-electron chi connectivity index (χ3n) is 6.70. The van der Waals surface area contributed by atoms with Crippen molar-refractivity contribution in [2.24, 2.45) is 0 Å². The van der Waals surface area contributed by atoms with Crippen molar-refractivity contribution < 1.29 is 19.4 Å². The average Bonchev–Trinajstić information content (AvgIpc) is 2.83. The van der Waals surface area contributed by atoms with E-state index in [0.717, 1.165) is 57.8 Å². The highest BCUT2D eigenvalue weighted by atomic mass is 16.5. The molecule has 0 saturated heterocycles. The van der Waals surface area contributed by atoms with Gasteiger partial charge in [-0.25, -0.2) is 0 Å². The molecule has 4 nitrogen and oxygen atoms in total. The molecule has 0 aliphatic rings. The predicted molar refractivity (Wildman–Crippen MR) is 149 cm³/mol. The van der Waals surface area contributed by atoms with Gasteiger partial charge in [-0.1, -0.05) is 129 Å². The van der Waals surface area contributed by atoms with Gasteiger partial charge in [0.15, 0.2) is 0 Å². The third kappa shape index (κ3) is 27.1. The number of hydrogen-bond acceptors (Lipinski definition) is 3. The fourth-order valence-corrected chi connectivity index (χ4v) is 4.45. The van der Waals surface area contributed by atoms with Crippen LogP contribution in [-0.4, -0.2) is 23.1 Å².